The predicted octanol–water partition coefficient (Wildman–Crippen LogP) is 3.97. The Kier molecular flexibility index (Phi) is 7.46. The van der Waals surface area contributed by atoms with E-state index in [1.54, 1.807) is 0 Å². The molecule has 20 heavy (non-hydrogen) atoms. The van der Waals surface area contributed by atoms with Gasteiger partial charge in [0.05, 0.1) is 16.0 Å². The maximum atomic E-state index is 13.0. The third kappa shape index (κ3) is 4.42. The zero-order valence-corrected chi connectivity index (χ0v) is 14.3. The molecule has 0 aliphatic carbocycles. The summed E-state index contributed by atoms with van der Waals surface area (Å²) in [4.78, 5) is 1.00. The van der Waals surface area contributed by atoms with Crippen LogP contribution in [0.25, 0.3) is 0 Å². The highest BCUT2D eigenvalue weighted by Crippen LogP contribution is 2.22. The summed E-state index contributed by atoms with van der Waals surface area (Å²) in [6, 6.07) is 6.58. The molecule has 0 spiro atoms. The van der Waals surface area contributed by atoms with Crippen molar-refractivity contribution < 1.29 is 4.21 Å². The Morgan fingerprint density at radius 2 is 1.90 bits per heavy atom. The summed E-state index contributed by atoms with van der Waals surface area (Å²) in [7, 11) is -0.937. The van der Waals surface area contributed by atoms with Crippen molar-refractivity contribution >= 4 is 10.8 Å². The first-order valence-electron chi connectivity index (χ1n) is 7.76. The molecule has 0 saturated heterocycles. The van der Waals surface area contributed by atoms with Gasteiger partial charge in [0.1, 0.15) is 0 Å². The average molecular weight is 295 g/mol. The van der Waals surface area contributed by atoms with Crippen LogP contribution in [0.1, 0.15) is 51.2 Å². The van der Waals surface area contributed by atoms with E-state index in [-0.39, 0.29) is 5.25 Å². The lowest BCUT2D eigenvalue weighted by atomic mass is 10.1. The number of rotatable bonds is 8. The smallest absolute Gasteiger partial charge is 0.0579 e. The standard InChI is InChI=1S/C17H29NOS/c1-6-9-15(18-8-3)16(7-2)20(19)17-11-10-13(4)12-14(17)5/h10-12,15-16,18H,6-9H2,1-5H3. The molecule has 0 heterocycles. The first-order chi connectivity index (χ1) is 9.54. The second kappa shape index (κ2) is 8.58. The van der Waals surface area contributed by atoms with Gasteiger partial charge in [-0.1, -0.05) is 44.9 Å². The van der Waals surface area contributed by atoms with Gasteiger partial charge in [0.2, 0.25) is 0 Å². The normalized spacial score (nSPS) is 15.8. The number of nitrogens with one attached hydrogen (secondary N) is 1. The molecular formula is C17H29NOS. The van der Waals surface area contributed by atoms with E-state index in [2.05, 4.69) is 52.1 Å². The van der Waals surface area contributed by atoms with E-state index < -0.39 is 10.8 Å². The van der Waals surface area contributed by atoms with Gasteiger partial charge in [-0.25, -0.2) is 0 Å². The average Bonchev–Trinajstić information content (AvgIpc) is 2.39. The van der Waals surface area contributed by atoms with Crippen LogP contribution in [0.15, 0.2) is 23.1 Å². The summed E-state index contributed by atoms with van der Waals surface area (Å²) in [5.74, 6) is 0. The summed E-state index contributed by atoms with van der Waals surface area (Å²) in [5, 5.41) is 3.71. The van der Waals surface area contributed by atoms with E-state index in [1.807, 2.05) is 6.07 Å². The highest BCUT2D eigenvalue weighted by Gasteiger charge is 2.26. The maximum absolute atomic E-state index is 13.0. The Hall–Kier alpha value is -0.670. The van der Waals surface area contributed by atoms with Gasteiger partial charge in [-0.05, 0) is 44.9 Å². The van der Waals surface area contributed by atoms with Crippen molar-refractivity contribution in [3.63, 3.8) is 0 Å². The molecule has 1 aromatic rings. The molecular weight excluding hydrogens is 266 g/mol. The van der Waals surface area contributed by atoms with Crippen LogP contribution < -0.4 is 5.32 Å². The van der Waals surface area contributed by atoms with E-state index in [0.29, 0.717) is 6.04 Å². The van der Waals surface area contributed by atoms with Gasteiger partial charge in [0.15, 0.2) is 0 Å². The molecule has 0 amide bonds. The van der Waals surface area contributed by atoms with Crippen LogP contribution in [0.3, 0.4) is 0 Å². The number of benzene rings is 1. The Morgan fingerprint density at radius 3 is 2.40 bits per heavy atom. The largest absolute Gasteiger partial charge is 0.313 e. The van der Waals surface area contributed by atoms with Crippen molar-refractivity contribution in [2.45, 2.75) is 70.1 Å². The summed E-state index contributed by atoms with van der Waals surface area (Å²) in [5.41, 5.74) is 2.38. The van der Waals surface area contributed by atoms with Crippen LogP contribution in [-0.2, 0) is 10.8 Å². The number of hydrogen-bond donors (Lipinski definition) is 1. The van der Waals surface area contributed by atoms with Gasteiger partial charge in [0.25, 0.3) is 0 Å². The highest BCUT2D eigenvalue weighted by molar-refractivity contribution is 7.85. The minimum atomic E-state index is -0.937. The maximum Gasteiger partial charge on any atom is 0.0579 e. The molecule has 0 aromatic heterocycles. The Balaban J connectivity index is 3.00. The van der Waals surface area contributed by atoms with Gasteiger partial charge < -0.3 is 5.32 Å². The minimum Gasteiger partial charge on any atom is -0.313 e. The monoisotopic (exact) mass is 295 g/mol. The molecule has 1 N–H and O–H groups in total. The van der Waals surface area contributed by atoms with Gasteiger partial charge in [-0.2, -0.15) is 0 Å². The number of hydrogen-bond acceptors (Lipinski definition) is 2. The summed E-state index contributed by atoms with van der Waals surface area (Å²) in [6.45, 7) is 11.5. The molecule has 1 rings (SSSR count). The molecule has 0 aliphatic heterocycles. The van der Waals surface area contributed by atoms with Crippen molar-refractivity contribution in [2.75, 3.05) is 6.54 Å². The van der Waals surface area contributed by atoms with Gasteiger partial charge >= 0.3 is 0 Å². The first-order valence-corrected chi connectivity index (χ1v) is 8.97. The fourth-order valence-electron chi connectivity index (χ4n) is 2.77. The Morgan fingerprint density at radius 1 is 1.20 bits per heavy atom. The molecule has 3 unspecified atom stereocenters. The highest BCUT2D eigenvalue weighted by atomic mass is 32.2. The summed E-state index contributed by atoms with van der Waals surface area (Å²) >= 11 is 0. The van der Waals surface area contributed by atoms with Crippen LogP contribution in [0.5, 0.6) is 0 Å². The molecule has 0 saturated carbocycles. The zero-order valence-electron chi connectivity index (χ0n) is 13.5. The predicted molar refractivity (Wildman–Crippen MR) is 88.8 cm³/mol. The van der Waals surface area contributed by atoms with Crippen molar-refractivity contribution in [1.29, 1.82) is 0 Å². The first kappa shape index (κ1) is 17.4. The molecule has 0 radical (unpaired) electrons. The van der Waals surface area contributed by atoms with Gasteiger partial charge in [0, 0.05) is 10.9 Å². The van der Waals surface area contributed by atoms with E-state index in [9.17, 15) is 4.21 Å². The fourth-order valence-corrected chi connectivity index (χ4v) is 4.50. The van der Waals surface area contributed by atoms with Crippen LogP contribution >= 0.6 is 0 Å². The van der Waals surface area contributed by atoms with E-state index in [0.717, 1.165) is 36.3 Å². The second-order valence-corrected chi connectivity index (χ2v) is 7.11. The third-order valence-electron chi connectivity index (χ3n) is 3.74. The summed E-state index contributed by atoms with van der Waals surface area (Å²) in [6.07, 6.45) is 3.15. The minimum absolute atomic E-state index is 0.191. The van der Waals surface area contributed by atoms with Crippen molar-refractivity contribution in [2.24, 2.45) is 0 Å². The molecule has 0 bridgehead atoms. The number of aryl methyl sites for hydroxylation is 2. The molecule has 1 aromatic carbocycles. The lowest BCUT2D eigenvalue weighted by molar-refractivity contribution is 0.458. The quantitative estimate of drug-likeness (QED) is 0.786. The van der Waals surface area contributed by atoms with Crippen molar-refractivity contribution in [3.05, 3.63) is 29.3 Å². The van der Waals surface area contributed by atoms with Gasteiger partial charge in [-0.15, -0.1) is 0 Å². The SMILES string of the molecule is CCCC(NCC)C(CC)S(=O)c1ccc(C)cc1C. The molecule has 0 fully saturated rings. The second-order valence-electron chi connectivity index (χ2n) is 5.47. The van der Waals surface area contributed by atoms with Crippen molar-refractivity contribution in [1.82, 2.24) is 5.32 Å². The molecule has 3 heteroatoms. The van der Waals surface area contributed by atoms with E-state index >= 15 is 0 Å². The van der Waals surface area contributed by atoms with Crippen molar-refractivity contribution in [3.8, 4) is 0 Å². The topological polar surface area (TPSA) is 29.1 Å². The van der Waals surface area contributed by atoms with Gasteiger partial charge in [-0.3, -0.25) is 4.21 Å². The Bertz CT molecular complexity index is 439. The van der Waals surface area contributed by atoms with Crippen LogP contribution in [0.4, 0.5) is 0 Å². The third-order valence-corrected chi connectivity index (χ3v) is 5.84. The van der Waals surface area contributed by atoms with E-state index in [1.165, 1.54) is 5.56 Å². The molecule has 3 atom stereocenters. The van der Waals surface area contributed by atoms with Crippen LogP contribution in [0.2, 0.25) is 0 Å². The molecule has 2 nitrogen and oxygen atoms in total. The zero-order chi connectivity index (χ0) is 15.1. The fraction of sp³-hybridized carbons (Fsp3) is 0.647. The van der Waals surface area contributed by atoms with Crippen LogP contribution in [-0.4, -0.2) is 22.0 Å². The van der Waals surface area contributed by atoms with Crippen LogP contribution in [0, 0.1) is 13.8 Å². The lowest BCUT2D eigenvalue weighted by Gasteiger charge is -2.26. The van der Waals surface area contributed by atoms with E-state index in [4.69, 9.17) is 0 Å². The Labute approximate surface area is 126 Å². The lowest BCUT2D eigenvalue weighted by Crippen LogP contribution is -2.42. The molecule has 114 valence electrons. The molecule has 0 aliphatic rings. The summed E-state index contributed by atoms with van der Waals surface area (Å²) < 4.78 is 13.0.